The van der Waals surface area contributed by atoms with E-state index in [1.807, 2.05) is 24.3 Å². The molecule has 1 fully saturated rings. The molecule has 0 spiro atoms. The quantitative estimate of drug-likeness (QED) is 0.477. The zero-order valence-electron chi connectivity index (χ0n) is 20.2. The predicted octanol–water partition coefficient (Wildman–Crippen LogP) is 4.70. The molecule has 0 heterocycles. The molecule has 3 atom stereocenters. The first-order valence-corrected chi connectivity index (χ1v) is 12.6. The van der Waals surface area contributed by atoms with Crippen molar-refractivity contribution in [3.05, 3.63) is 59.7 Å². The van der Waals surface area contributed by atoms with E-state index in [4.69, 9.17) is 4.74 Å². The number of amides is 2. The summed E-state index contributed by atoms with van der Waals surface area (Å²) in [5.41, 5.74) is 4.64. The van der Waals surface area contributed by atoms with E-state index in [0.717, 1.165) is 30.4 Å². The molecular weight excluding hydrogens is 444 g/mol. The maximum absolute atomic E-state index is 12.9. The largest absolute Gasteiger partial charge is 0.481 e. The van der Waals surface area contributed by atoms with Gasteiger partial charge in [0.05, 0.1) is 11.8 Å². The zero-order chi connectivity index (χ0) is 24.8. The van der Waals surface area contributed by atoms with Crippen LogP contribution in [0.3, 0.4) is 0 Å². The lowest BCUT2D eigenvalue weighted by molar-refractivity contribution is -0.141. The average molecular weight is 479 g/mol. The van der Waals surface area contributed by atoms with Gasteiger partial charge in [-0.1, -0.05) is 74.7 Å². The number of aliphatic carboxylic acids is 1. The van der Waals surface area contributed by atoms with Crippen LogP contribution in [0.25, 0.3) is 11.1 Å². The standard InChI is InChI=1S/C28H34N2O5/c1-2-18(27(32)33)16-29-26(31)23-14-4-3-5-15-25(23)30-28(34)35-17-24-21-12-8-6-10-19(21)20-11-7-9-13-22(20)24/h6-13,18,23-25H,2-5,14-17H2,1H3,(H,29,31)(H,30,34)(H,32,33)/t18?,23-,25+/m1/s1. The van der Waals surface area contributed by atoms with Crippen LogP contribution in [-0.2, 0) is 14.3 Å². The highest BCUT2D eigenvalue weighted by molar-refractivity contribution is 5.81. The summed E-state index contributed by atoms with van der Waals surface area (Å²) in [6.07, 6.45) is 4.10. The van der Waals surface area contributed by atoms with Gasteiger partial charge in [0.15, 0.2) is 0 Å². The number of ether oxygens (including phenoxy) is 1. The molecule has 2 aromatic rings. The molecule has 3 N–H and O–H groups in total. The molecule has 0 bridgehead atoms. The van der Waals surface area contributed by atoms with E-state index in [0.29, 0.717) is 19.3 Å². The van der Waals surface area contributed by atoms with Crippen LogP contribution in [-0.4, -0.2) is 42.3 Å². The number of benzene rings is 2. The second-order valence-corrected chi connectivity index (χ2v) is 9.51. The molecule has 0 saturated heterocycles. The minimum Gasteiger partial charge on any atom is -0.481 e. The molecular formula is C28H34N2O5. The second-order valence-electron chi connectivity index (χ2n) is 9.51. The number of carboxylic acid groups (broad SMARTS) is 1. The van der Waals surface area contributed by atoms with Crippen molar-refractivity contribution in [1.82, 2.24) is 10.6 Å². The topological polar surface area (TPSA) is 105 Å². The Morgan fingerprint density at radius 3 is 2.23 bits per heavy atom. The van der Waals surface area contributed by atoms with Crippen LogP contribution in [0.1, 0.15) is 62.5 Å². The van der Waals surface area contributed by atoms with Crippen molar-refractivity contribution >= 4 is 18.0 Å². The van der Waals surface area contributed by atoms with Crippen LogP contribution in [0, 0.1) is 11.8 Å². The van der Waals surface area contributed by atoms with Crippen molar-refractivity contribution < 1.29 is 24.2 Å². The number of hydrogen-bond donors (Lipinski definition) is 3. The van der Waals surface area contributed by atoms with E-state index in [-0.39, 0.29) is 31.0 Å². The third kappa shape index (κ3) is 5.66. The average Bonchev–Trinajstić information content (AvgIpc) is 2.99. The fourth-order valence-electron chi connectivity index (χ4n) is 5.35. The van der Waals surface area contributed by atoms with E-state index in [1.54, 1.807) is 6.92 Å². The molecule has 35 heavy (non-hydrogen) atoms. The molecule has 186 valence electrons. The smallest absolute Gasteiger partial charge is 0.407 e. The van der Waals surface area contributed by atoms with Crippen LogP contribution >= 0.6 is 0 Å². The van der Waals surface area contributed by atoms with Crippen molar-refractivity contribution in [2.24, 2.45) is 11.8 Å². The van der Waals surface area contributed by atoms with Gasteiger partial charge in [0.2, 0.25) is 5.91 Å². The number of carbonyl (C=O) groups is 3. The van der Waals surface area contributed by atoms with E-state index in [9.17, 15) is 19.5 Å². The summed E-state index contributed by atoms with van der Waals surface area (Å²) in [6, 6.07) is 16.0. The summed E-state index contributed by atoms with van der Waals surface area (Å²) in [7, 11) is 0. The van der Waals surface area contributed by atoms with Crippen LogP contribution in [0.4, 0.5) is 4.79 Å². The number of carbonyl (C=O) groups excluding carboxylic acids is 2. The van der Waals surface area contributed by atoms with Gasteiger partial charge in [-0.05, 0) is 41.5 Å². The van der Waals surface area contributed by atoms with Gasteiger partial charge < -0.3 is 20.5 Å². The van der Waals surface area contributed by atoms with Crippen molar-refractivity contribution in [3.8, 4) is 11.1 Å². The highest BCUT2D eigenvalue weighted by Crippen LogP contribution is 2.44. The summed E-state index contributed by atoms with van der Waals surface area (Å²) in [5, 5.41) is 15.0. The molecule has 2 aliphatic carbocycles. The summed E-state index contributed by atoms with van der Waals surface area (Å²) in [4.78, 5) is 37.1. The molecule has 2 aliphatic rings. The lowest BCUT2D eigenvalue weighted by atomic mass is 9.93. The van der Waals surface area contributed by atoms with Crippen LogP contribution < -0.4 is 10.6 Å². The summed E-state index contributed by atoms with van der Waals surface area (Å²) in [6.45, 7) is 2.11. The van der Waals surface area contributed by atoms with Gasteiger partial charge in [0.25, 0.3) is 0 Å². The van der Waals surface area contributed by atoms with Gasteiger partial charge in [-0.25, -0.2) is 4.79 Å². The van der Waals surface area contributed by atoms with Gasteiger partial charge in [0, 0.05) is 18.5 Å². The second kappa shape index (κ2) is 11.4. The number of nitrogens with one attached hydrogen (secondary N) is 2. The highest BCUT2D eigenvalue weighted by atomic mass is 16.5. The molecule has 7 nitrogen and oxygen atoms in total. The van der Waals surface area contributed by atoms with Crippen molar-refractivity contribution in [2.45, 2.75) is 57.4 Å². The fourth-order valence-corrected chi connectivity index (χ4v) is 5.35. The van der Waals surface area contributed by atoms with E-state index >= 15 is 0 Å². The Hall–Kier alpha value is -3.35. The first-order valence-electron chi connectivity index (χ1n) is 12.6. The lowest BCUT2D eigenvalue weighted by Gasteiger charge is -2.26. The van der Waals surface area contributed by atoms with Gasteiger partial charge >= 0.3 is 12.1 Å². The first kappa shape index (κ1) is 24.8. The third-order valence-electron chi connectivity index (χ3n) is 7.36. The maximum atomic E-state index is 12.9. The van der Waals surface area contributed by atoms with Crippen molar-refractivity contribution in [3.63, 3.8) is 0 Å². The minimum absolute atomic E-state index is 0.0247. The molecule has 2 aromatic carbocycles. The highest BCUT2D eigenvalue weighted by Gasteiger charge is 2.33. The summed E-state index contributed by atoms with van der Waals surface area (Å²) in [5.74, 6) is -2.15. The molecule has 2 amide bonds. The zero-order valence-corrected chi connectivity index (χ0v) is 20.2. The summed E-state index contributed by atoms with van der Waals surface area (Å²) < 4.78 is 5.70. The number of fused-ring (bicyclic) bond motifs is 3. The normalized spacial score (nSPS) is 20.1. The van der Waals surface area contributed by atoms with E-state index < -0.39 is 23.9 Å². The first-order chi connectivity index (χ1) is 17.0. The number of carboxylic acids is 1. The Kier molecular flexibility index (Phi) is 8.06. The Morgan fingerprint density at radius 1 is 0.971 bits per heavy atom. The predicted molar refractivity (Wildman–Crippen MR) is 133 cm³/mol. The Bertz CT molecular complexity index is 1020. The van der Waals surface area contributed by atoms with Gasteiger partial charge in [-0.2, -0.15) is 0 Å². The molecule has 1 saturated carbocycles. The molecule has 1 unspecified atom stereocenters. The van der Waals surface area contributed by atoms with Gasteiger partial charge in [0.1, 0.15) is 6.61 Å². The van der Waals surface area contributed by atoms with Gasteiger partial charge in [-0.3, -0.25) is 9.59 Å². The molecule has 0 radical (unpaired) electrons. The van der Waals surface area contributed by atoms with Crippen LogP contribution in [0.2, 0.25) is 0 Å². The number of hydrogen-bond acceptors (Lipinski definition) is 4. The van der Waals surface area contributed by atoms with Crippen molar-refractivity contribution in [1.29, 1.82) is 0 Å². The maximum Gasteiger partial charge on any atom is 0.407 e. The number of rotatable bonds is 8. The Labute approximate surface area is 206 Å². The SMILES string of the molecule is CCC(CNC(=O)[C@@H]1CCCCC[C@@H]1NC(=O)OCC1c2ccccc2-c2ccccc21)C(=O)O. The monoisotopic (exact) mass is 478 g/mol. The van der Waals surface area contributed by atoms with Crippen LogP contribution in [0.15, 0.2) is 48.5 Å². The molecule has 0 aliphatic heterocycles. The molecule has 4 rings (SSSR count). The molecule has 7 heteroatoms. The number of alkyl carbamates (subject to hydrolysis) is 1. The summed E-state index contributed by atoms with van der Waals surface area (Å²) >= 11 is 0. The van der Waals surface area contributed by atoms with Gasteiger partial charge in [-0.15, -0.1) is 0 Å². The Balaban J connectivity index is 1.38. The fraction of sp³-hybridized carbons (Fsp3) is 0.464. The van der Waals surface area contributed by atoms with Crippen LogP contribution in [0.5, 0.6) is 0 Å². The third-order valence-corrected chi connectivity index (χ3v) is 7.36. The van der Waals surface area contributed by atoms with E-state index in [2.05, 4.69) is 34.9 Å². The van der Waals surface area contributed by atoms with Crippen molar-refractivity contribution in [2.75, 3.05) is 13.2 Å². The minimum atomic E-state index is -0.915. The molecule has 0 aromatic heterocycles. The Morgan fingerprint density at radius 2 is 1.60 bits per heavy atom. The van der Waals surface area contributed by atoms with E-state index in [1.165, 1.54) is 11.1 Å². The lowest BCUT2D eigenvalue weighted by Crippen LogP contribution is -2.47.